The predicted octanol–water partition coefficient (Wildman–Crippen LogP) is 1.22. The Balaban J connectivity index is 2.21. The van der Waals surface area contributed by atoms with E-state index in [1.165, 1.54) is 29.8 Å². The van der Waals surface area contributed by atoms with Crippen LogP contribution in [0, 0.1) is 6.92 Å². The van der Waals surface area contributed by atoms with Crippen LogP contribution in [0.4, 0.5) is 0 Å². The topological polar surface area (TPSA) is 79.0 Å². The summed E-state index contributed by atoms with van der Waals surface area (Å²) in [5.74, 6) is 0. The third kappa shape index (κ3) is 2.69. The highest BCUT2D eigenvalue weighted by molar-refractivity contribution is 7.89. The van der Waals surface area contributed by atoms with Crippen LogP contribution in [0.3, 0.4) is 0 Å². The van der Waals surface area contributed by atoms with Crippen LogP contribution in [0.1, 0.15) is 10.4 Å². The minimum absolute atomic E-state index is 0.195. The van der Waals surface area contributed by atoms with Gasteiger partial charge in [0.25, 0.3) is 0 Å². The lowest BCUT2D eigenvalue weighted by Crippen LogP contribution is -2.27. The normalized spacial score (nSPS) is 11.6. The molecule has 0 fully saturated rings. The summed E-state index contributed by atoms with van der Waals surface area (Å²) in [5.41, 5.74) is 0.508. The molecule has 2 N–H and O–H groups in total. The summed E-state index contributed by atoms with van der Waals surface area (Å²) in [7, 11) is -3.77. The molecule has 7 heteroatoms. The van der Waals surface area contributed by atoms with Crippen molar-refractivity contribution in [2.24, 2.45) is 0 Å². The Morgan fingerprint density at radius 2 is 2.17 bits per heavy atom. The van der Waals surface area contributed by atoms with Crippen LogP contribution in [-0.2, 0) is 16.6 Å². The van der Waals surface area contributed by atoms with Crippen LogP contribution in [0.5, 0.6) is 0 Å². The molecule has 0 amide bonds. The van der Waals surface area contributed by atoms with Gasteiger partial charge in [-0.05, 0) is 23.9 Å². The van der Waals surface area contributed by atoms with E-state index in [1.807, 2.05) is 18.4 Å². The molecule has 0 saturated heterocycles. The molecule has 0 unspecified atom stereocenters. The van der Waals surface area contributed by atoms with E-state index in [0.29, 0.717) is 0 Å². The van der Waals surface area contributed by atoms with Gasteiger partial charge in [0, 0.05) is 29.9 Å². The van der Waals surface area contributed by atoms with E-state index >= 15 is 0 Å². The first kappa shape index (κ1) is 13.0. The number of aromatic nitrogens is 1. The number of hydrogen-bond acceptors (Lipinski definition) is 4. The van der Waals surface area contributed by atoms with E-state index in [9.17, 15) is 13.2 Å². The van der Waals surface area contributed by atoms with E-state index in [0.717, 1.165) is 10.4 Å². The molecule has 0 saturated carbocycles. The number of aromatic amines is 1. The lowest BCUT2D eigenvalue weighted by molar-refractivity contribution is 0.580. The summed E-state index contributed by atoms with van der Waals surface area (Å²) < 4.78 is 26.3. The average molecular weight is 284 g/mol. The minimum atomic E-state index is -3.77. The fraction of sp³-hybridized carbons (Fsp3) is 0.182. The molecule has 0 aliphatic heterocycles. The van der Waals surface area contributed by atoms with Gasteiger partial charge >= 0.3 is 0 Å². The Labute approximate surface area is 109 Å². The Bertz CT molecular complexity index is 701. The summed E-state index contributed by atoms with van der Waals surface area (Å²) in [6, 6.07) is 3.11. The molecule has 0 radical (unpaired) electrons. The second-order valence-electron chi connectivity index (χ2n) is 3.72. The Morgan fingerprint density at radius 3 is 2.78 bits per heavy atom. The summed E-state index contributed by atoms with van der Waals surface area (Å²) in [6.07, 6.45) is 2.58. The second-order valence-corrected chi connectivity index (χ2v) is 6.46. The van der Waals surface area contributed by atoms with Gasteiger partial charge < -0.3 is 4.98 Å². The zero-order valence-corrected chi connectivity index (χ0v) is 11.3. The molecule has 2 aromatic rings. The summed E-state index contributed by atoms with van der Waals surface area (Å²) in [4.78, 5) is 14.7. The number of hydrogen-bond donors (Lipinski definition) is 2. The molecule has 5 nitrogen and oxygen atoms in total. The maximum atomic E-state index is 11.9. The van der Waals surface area contributed by atoms with Crippen molar-refractivity contribution < 1.29 is 8.42 Å². The van der Waals surface area contributed by atoms with Crippen molar-refractivity contribution in [2.75, 3.05) is 0 Å². The van der Waals surface area contributed by atoms with Crippen LogP contribution in [0.25, 0.3) is 0 Å². The van der Waals surface area contributed by atoms with Crippen molar-refractivity contribution in [1.29, 1.82) is 0 Å². The van der Waals surface area contributed by atoms with E-state index in [2.05, 4.69) is 9.71 Å². The average Bonchev–Trinajstić information content (AvgIpc) is 2.73. The van der Waals surface area contributed by atoms with Gasteiger partial charge in [0.05, 0.1) is 0 Å². The Morgan fingerprint density at radius 1 is 1.39 bits per heavy atom. The molecule has 96 valence electrons. The maximum Gasteiger partial charge on any atom is 0.246 e. The van der Waals surface area contributed by atoms with E-state index in [1.54, 1.807) is 0 Å². The van der Waals surface area contributed by atoms with Crippen LogP contribution < -0.4 is 10.2 Å². The van der Waals surface area contributed by atoms with Gasteiger partial charge in [0.1, 0.15) is 4.90 Å². The maximum absolute atomic E-state index is 11.9. The highest BCUT2D eigenvalue weighted by Gasteiger charge is 2.17. The van der Waals surface area contributed by atoms with Crippen molar-refractivity contribution in [3.63, 3.8) is 0 Å². The van der Waals surface area contributed by atoms with Crippen LogP contribution in [0.15, 0.2) is 39.6 Å². The highest BCUT2D eigenvalue weighted by atomic mass is 32.2. The minimum Gasteiger partial charge on any atom is -0.366 e. The molecule has 0 aliphatic carbocycles. The van der Waals surface area contributed by atoms with Gasteiger partial charge in [0.2, 0.25) is 15.5 Å². The van der Waals surface area contributed by atoms with Gasteiger partial charge in [-0.2, -0.15) is 0 Å². The van der Waals surface area contributed by atoms with E-state index in [4.69, 9.17) is 0 Å². The quantitative estimate of drug-likeness (QED) is 0.886. The third-order valence-corrected chi connectivity index (χ3v) is 4.91. The van der Waals surface area contributed by atoms with Gasteiger partial charge in [0.15, 0.2) is 0 Å². The third-order valence-electron chi connectivity index (χ3n) is 2.47. The van der Waals surface area contributed by atoms with Crippen LogP contribution in [0.2, 0.25) is 0 Å². The lowest BCUT2D eigenvalue weighted by atomic mass is 10.3. The number of H-pyrrole nitrogens is 1. The number of thiophene rings is 1. The molecular weight excluding hydrogens is 272 g/mol. The Hall–Kier alpha value is -1.44. The monoisotopic (exact) mass is 284 g/mol. The van der Waals surface area contributed by atoms with Gasteiger partial charge in [-0.15, -0.1) is 11.3 Å². The van der Waals surface area contributed by atoms with Gasteiger partial charge in [-0.25, -0.2) is 13.1 Å². The predicted molar refractivity (Wildman–Crippen MR) is 70.1 cm³/mol. The molecule has 0 spiro atoms. The first-order valence-electron chi connectivity index (χ1n) is 5.20. The summed E-state index contributed by atoms with van der Waals surface area (Å²) in [5, 5.41) is 1.90. The molecule has 18 heavy (non-hydrogen) atoms. The second kappa shape index (κ2) is 5.05. The molecule has 0 aromatic carbocycles. The van der Waals surface area contributed by atoms with Crippen LogP contribution in [-0.4, -0.2) is 13.4 Å². The fourth-order valence-electron chi connectivity index (χ4n) is 1.43. The number of sulfonamides is 1. The van der Waals surface area contributed by atoms with Crippen molar-refractivity contribution in [3.05, 3.63) is 50.6 Å². The highest BCUT2D eigenvalue weighted by Crippen LogP contribution is 2.15. The van der Waals surface area contributed by atoms with Crippen molar-refractivity contribution >= 4 is 21.4 Å². The largest absolute Gasteiger partial charge is 0.366 e. The Kier molecular flexibility index (Phi) is 3.65. The van der Waals surface area contributed by atoms with E-state index in [-0.39, 0.29) is 11.4 Å². The summed E-state index contributed by atoms with van der Waals surface area (Å²) >= 11 is 1.48. The number of pyridine rings is 1. The first-order chi connectivity index (χ1) is 8.50. The number of nitrogens with one attached hydrogen (secondary N) is 2. The zero-order valence-electron chi connectivity index (χ0n) is 9.64. The van der Waals surface area contributed by atoms with Crippen molar-refractivity contribution in [1.82, 2.24) is 9.71 Å². The van der Waals surface area contributed by atoms with Gasteiger partial charge in [-0.1, -0.05) is 0 Å². The smallest absolute Gasteiger partial charge is 0.246 e. The molecule has 2 rings (SSSR count). The first-order valence-corrected chi connectivity index (χ1v) is 7.57. The lowest BCUT2D eigenvalue weighted by Gasteiger charge is -2.05. The molecule has 0 bridgehead atoms. The molecular formula is C11H12N2O3S2. The standard InChI is InChI=1S/C11H12N2O3S2/c1-8-3-5-17-10(8)6-13-18(15,16)11-7-12-4-2-9(11)14/h2-5,7,13H,6H2,1H3,(H,12,14). The molecule has 2 aromatic heterocycles. The van der Waals surface area contributed by atoms with E-state index < -0.39 is 15.5 Å². The van der Waals surface area contributed by atoms with Gasteiger partial charge in [-0.3, -0.25) is 4.79 Å². The number of rotatable bonds is 4. The molecule has 0 atom stereocenters. The number of aryl methyl sites for hydroxylation is 1. The van der Waals surface area contributed by atoms with Crippen molar-refractivity contribution in [2.45, 2.75) is 18.4 Å². The van der Waals surface area contributed by atoms with Crippen molar-refractivity contribution in [3.8, 4) is 0 Å². The fourth-order valence-corrected chi connectivity index (χ4v) is 3.42. The summed E-state index contributed by atoms with van der Waals surface area (Å²) in [6.45, 7) is 2.11. The molecule has 0 aliphatic rings. The SMILES string of the molecule is Cc1ccsc1CNS(=O)(=O)c1c[nH]ccc1=O. The zero-order chi connectivity index (χ0) is 13.2. The van der Waals surface area contributed by atoms with Crippen LogP contribution >= 0.6 is 11.3 Å². The molecule has 2 heterocycles.